The van der Waals surface area contributed by atoms with Crippen LogP contribution in [-0.2, 0) is 9.59 Å². The topological polar surface area (TPSA) is 40.6 Å². The van der Waals surface area contributed by atoms with Gasteiger partial charge in [0.25, 0.3) is 5.91 Å². The molecule has 3 rings (SSSR count). The van der Waals surface area contributed by atoms with Crippen molar-refractivity contribution in [3.63, 3.8) is 0 Å². The van der Waals surface area contributed by atoms with E-state index in [1.807, 2.05) is 23.1 Å². The van der Waals surface area contributed by atoms with E-state index in [-0.39, 0.29) is 11.8 Å². The summed E-state index contributed by atoms with van der Waals surface area (Å²) >= 11 is 12.7. The molecule has 1 aromatic rings. The third-order valence-corrected chi connectivity index (χ3v) is 6.05. The van der Waals surface area contributed by atoms with Gasteiger partial charge in [0.2, 0.25) is 5.91 Å². The van der Waals surface area contributed by atoms with Gasteiger partial charge in [-0.25, -0.2) is 0 Å². The quantitative estimate of drug-likeness (QED) is 0.572. The molecule has 0 spiro atoms. The summed E-state index contributed by atoms with van der Waals surface area (Å²) in [6.07, 6.45) is 5.38. The molecule has 25 heavy (non-hydrogen) atoms. The van der Waals surface area contributed by atoms with Gasteiger partial charge in [-0.1, -0.05) is 53.8 Å². The molecule has 7 heteroatoms. The van der Waals surface area contributed by atoms with E-state index in [1.54, 1.807) is 12.1 Å². The Morgan fingerprint density at radius 3 is 2.68 bits per heavy atom. The van der Waals surface area contributed by atoms with Crippen molar-refractivity contribution in [1.82, 2.24) is 9.80 Å². The number of thiocarbonyl (C=S) groups is 1. The van der Waals surface area contributed by atoms with Gasteiger partial charge in [-0.05, 0) is 37.0 Å². The van der Waals surface area contributed by atoms with Gasteiger partial charge in [0.15, 0.2) is 0 Å². The number of benzene rings is 1. The highest BCUT2D eigenvalue weighted by molar-refractivity contribution is 8.26. The van der Waals surface area contributed by atoms with Crippen molar-refractivity contribution in [3.8, 4) is 0 Å². The number of thioether (sulfide) groups is 1. The molecule has 2 aliphatic heterocycles. The average molecular weight is 395 g/mol. The zero-order valence-electron chi connectivity index (χ0n) is 13.7. The lowest BCUT2D eigenvalue weighted by Crippen LogP contribution is -2.38. The van der Waals surface area contributed by atoms with Crippen LogP contribution >= 0.6 is 35.6 Å². The van der Waals surface area contributed by atoms with E-state index in [0.717, 1.165) is 31.5 Å². The number of hydrogen-bond donors (Lipinski definition) is 0. The molecule has 2 heterocycles. The first kappa shape index (κ1) is 18.4. The highest BCUT2D eigenvalue weighted by Crippen LogP contribution is 2.33. The molecule has 0 bridgehead atoms. The van der Waals surface area contributed by atoms with E-state index in [1.165, 1.54) is 23.1 Å². The number of hydrogen-bond acceptors (Lipinski definition) is 4. The molecule has 0 saturated carbocycles. The first-order valence-electron chi connectivity index (χ1n) is 8.34. The highest BCUT2D eigenvalue weighted by atomic mass is 35.5. The number of carbonyl (C=O) groups excluding carboxylic acids is 2. The Morgan fingerprint density at radius 2 is 1.96 bits per heavy atom. The maximum atomic E-state index is 12.6. The molecule has 1 aromatic carbocycles. The van der Waals surface area contributed by atoms with Crippen LogP contribution in [0, 0.1) is 0 Å². The van der Waals surface area contributed by atoms with E-state index in [2.05, 4.69) is 0 Å². The second-order valence-electron chi connectivity index (χ2n) is 6.05. The minimum absolute atomic E-state index is 0.101. The van der Waals surface area contributed by atoms with Crippen molar-refractivity contribution in [2.45, 2.75) is 25.7 Å². The van der Waals surface area contributed by atoms with E-state index in [4.69, 9.17) is 23.8 Å². The molecule has 2 fully saturated rings. The van der Waals surface area contributed by atoms with Crippen LogP contribution in [0.1, 0.15) is 31.2 Å². The van der Waals surface area contributed by atoms with Crippen molar-refractivity contribution in [3.05, 3.63) is 39.8 Å². The molecular formula is C18H19ClN2O2S2. The van der Waals surface area contributed by atoms with Crippen LogP contribution < -0.4 is 0 Å². The normalized spacial score (nSPS) is 19.8. The van der Waals surface area contributed by atoms with Crippen LogP contribution in [0.15, 0.2) is 29.2 Å². The summed E-state index contributed by atoms with van der Waals surface area (Å²) in [6, 6.07) is 7.35. The Kier molecular flexibility index (Phi) is 6.15. The fourth-order valence-corrected chi connectivity index (χ4v) is 4.42. The Morgan fingerprint density at radius 1 is 1.24 bits per heavy atom. The molecule has 0 radical (unpaired) electrons. The number of likely N-dealkylation sites (tertiary alicyclic amines) is 1. The minimum Gasteiger partial charge on any atom is -0.343 e. The van der Waals surface area contributed by atoms with Gasteiger partial charge in [-0.2, -0.15) is 0 Å². The molecular weight excluding hydrogens is 376 g/mol. The van der Waals surface area contributed by atoms with Gasteiger partial charge in [0.05, 0.1) is 4.91 Å². The second kappa shape index (κ2) is 8.34. The van der Waals surface area contributed by atoms with Gasteiger partial charge in [-0.15, -0.1) is 0 Å². The lowest BCUT2D eigenvalue weighted by Gasteiger charge is -2.27. The summed E-state index contributed by atoms with van der Waals surface area (Å²) in [7, 11) is 0. The molecule has 4 nitrogen and oxygen atoms in total. The molecule has 0 atom stereocenters. The summed E-state index contributed by atoms with van der Waals surface area (Å²) in [5, 5.41) is 0.591. The van der Waals surface area contributed by atoms with Crippen LogP contribution in [0.2, 0.25) is 5.02 Å². The van der Waals surface area contributed by atoms with Crippen molar-refractivity contribution in [2.75, 3.05) is 19.6 Å². The van der Waals surface area contributed by atoms with E-state index in [9.17, 15) is 9.59 Å². The zero-order valence-corrected chi connectivity index (χ0v) is 16.1. The lowest BCUT2D eigenvalue weighted by atomic mass is 10.1. The smallest absolute Gasteiger partial charge is 0.266 e. The molecule has 0 aliphatic carbocycles. The largest absolute Gasteiger partial charge is 0.343 e. The number of amides is 2. The standard InChI is InChI=1S/C18H19ClN2O2S2/c19-14-7-3-2-6-13(14)12-15-17(23)21(18(24)25-15)11-8-16(22)20-9-4-1-5-10-20/h2-3,6-7,12H,1,4-5,8-11H2. The number of nitrogens with zero attached hydrogens (tertiary/aromatic N) is 2. The summed E-state index contributed by atoms with van der Waals surface area (Å²) in [4.78, 5) is 28.8. The Balaban J connectivity index is 1.63. The average Bonchev–Trinajstić information content (AvgIpc) is 2.89. The summed E-state index contributed by atoms with van der Waals surface area (Å²) in [6.45, 7) is 1.98. The predicted molar refractivity (Wildman–Crippen MR) is 106 cm³/mol. The third kappa shape index (κ3) is 4.43. The predicted octanol–water partition coefficient (Wildman–Crippen LogP) is 3.94. The monoisotopic (exact) mass is 394 g/mol. The van der Waals surface area contributed by atoms with Crippen molar-refractivity contribution < 1.29 is 9.59 Å². The maximum absolute atomic E-state index is 12.6. The van der Waals surface area contributed by atoms with Crippen LogP contribution in [0.3, 0.4) is 0 Å². The molecule has 2 aliphatic rings. The fourth-order valence-electron chi connectivity index (χ4n) is 2.94. The minimum atomic E-state index is -0.152. The first-order chi connectivity index (χ1) is 12.1. The molecule has 2 saturated heterocycles. The SMILES string of the molecule is O=C(CCN1C(=O)C(=Cc2ccccc2Cl)SC1=S)N1CCCCC1. The second-order valence-corrected chi connectivity index (χ2v) is 8.13. The number of rotatable bonds is 4. The molecule has 2 amide bonds. The van der Waals surface area contributed by atoms with Crippen LogP contribution in [0.25, 0.3) is 6.08 Å². The summed E-state index contributed by atoms with van der Waals surface area (Å²) < 4.78 is 0.495. The highest BCUT2D eigenvalue weighted by Gasteiger charge is 2.32. The Labute approximate surface area is 162 Å². The first-order valence-corrected chi connectivity index (χ1v) is 9.94. The summed E-state index contributed by atoms with van der Waals surface area (Å²) in [5.74, 6) is -0.0507. The van der Waals surface area contributed by atoms with E-state index >= 15 is 0 Å². The Bertz CT molecular complexity index is 730. The number of piperidine rings is 1. The van der Waals surface area contributed by atoms with Gasteiger partial charge in [0, 0.05) is 31.1 Å². The summed E-state index contributed by atoms with van der Waals surface area (Å²) in [5.41, 5.74) is 0.786. The zero-order chi connectivity index (χ0) is 17.8. The third-order valence-electron chi connectivity index (χ3n) is 4.32. The van der Waals surface area contributed by atoms with Gasteiger partial charge in [-0.3, -0.25) is 14.5 Å². The van der Waals surface area contributed by atoms with Gasteiger partial charge < -0.3 is 4.90 Å². The van der Waals surface area contributed by atoms with Crippen LogP contribution in [0.4, 0.5) is 0 Å². The van der Waals surface area contributed by atoms with Crippen molar-refractivity contribution in [2.24, 2.45) is 0 Å². The molecule has 0 N–H and O–H groups in total. The Hall–Kier alpha value is -1.37. The van der Waals surface area contributed by atoms with E-state index < -0.39 is 0 Å². The maximum Gasteiger partial charge on any atom is 0.266 e. The van der Waals surface area contributed by atoms with Crippen molar-refractivity contribution in [1.29, 1.82) is 0 Å². The molecule has 0 unspecified atom stereocenters. The number of carbonyl (C=O) groups is 2. The van der Waals surface area contributed by atoms with Crippen LogP contribution in [0.5, 0.6) is 0 Å². The van der Waals surface area contributed by atoms with E-state index in [0.29, 0.717) is 27.2 Å². The van der Waals surface area contributed by atoms with Gasteiger partial charge >= 0.3 is 0 Å². The van der Waals surface area contributed by atoms with Crippen LogP contribution in [-0.4, -0.2) is 45.6 Å². The molecule has 0 aromatic heterocycles. The fraction of sp³-hybridized carbons (Fsp3) is 0.389. The molecule has 132 valence electrons. The number of halogens is 1. The van der Waals surface area contributed by atoms with Crippen molar-refractivity contribution >= 4 is 57.8 Å². The lowest BCUT2D eigenvalue weighted by molar-refractivity contribution is -0.132. The van der Waals surface area contributed by atoms with Gasteiger partial charge in [0.1, 0.15) is 4.32 Å².